The normalized spacial score (nSPS) is 10.4. The highest BCUT2D eigenvalue weighted by Crippen LogP contribution is 2.11. The molecule has 0 bridgehead atoms. The minimum absolute atomic E-state index is 0.107. The Hall–Kier alpha value is -1.75. The van der Waals surface area contributed by atoms with Crippen molar-refractivity contribution in [3.63, 3.8) is 0 Å². The van der Waals surface area contributed by atoms with Crippen molar-refractivity contribution in [3.05, 3.63) is 70.8 Å². The fourth-order valence-corrected chi connectivity index (χ4v) is 2.27. The molecule has 0 saturated heterocycles. The molecule has 0 saturated carbocycles. The molecule has 2 aromatic rings. The predicted octanol–water partition coefficient (Wildman–Crippen LogP) is 3.72. The van der Waals surface area contributed by atoms with Gasteiger partial charge in [0.05, 0.1) is 6.42 Å². The minimum Gasteiger partial charge on any atom is -0.352 e. The Morgan fingerprint density at radius 3 is 2.57 bits per heavy atom. The molecule has 0 fully saturated rings. The lowest BCUT2D eigenvalue weighted by atomic mass is 10.1. The molecule has 21 heavy (non-hydrogen) atoms. The van der Waals surface area contributed by atoms with Gasteiger partial charge in [-0.3, -0.25) is 4.79 Å². The molecule has 0 radical (unpaired) electrons. The summed E-state index contributed by atoms with van der Waals surface area (Å²) in [4.78, 5) is 11.8. The fourth-order valence-electron chi connectivity index (χ4n) is 1.92. The molecule has 0 atom stereocenters. The standard InChI is InChI=1S/C16H14BrF2NO/c17-9-11-2-1-3-12(6-11)10-20-16(21)7-13-4-5-14(18)8-15(13)19/h1-6,8H,7,9-10H2,(H,20,21). The topological polar surface area (TPSA) is 29.1 Å². The summed E-state index contributed by atoms with van der Waals surface area (Å²) in [6.07, 6.45) is -0.107. The molecule has 0 unspecified atom stereocenters. The van der Waals surface area contributed by atoms with Crippen LogP contribution in [0.5, 0.6) is 0 Å². The Morgan fingerprint density at radius 1 is 1.10 bits per heavy atom. The summed E-state index contributed by atoms with van der Waals surface area (Å²) in [7, 11) is 0. The van der Waals surface area contributed by atoms with E-state index in [0.29, 0.717) is 6.54 Å². The smallest absolute Gasteiger partial charge is 0.224 e. The molecule has 0 aromatic heterocycles. The summed E-state index contributed by atoms with van der Waals surface area (Å²) in [5.41, 5.74) is 2.27. The second-order valence-corrected chi connectivity index (χ2v) is 5.20. The van der Waals surface area contributed by atoms with E-state index >= 15 is 0 Å². The van der Waals surface area contributed by atoms with E-state index in [1.165, 1.54) is 6.07 Å². The zero-order valence-corrected chi connectivity index (χ0v) is 12.8. The third-order valence-electron chi connectivity index (χ3n) is 3.00. The van der Waals surface area contributed by atoms with Gasteiger partial charge in [0, 0.05) is 17.9 Å². The fraction of sp³-hybridized carbons (Fsp3) is 0.188. The Morgan fingerprint density at radius 2 is 1.86 bits per heavy atom. The van der Waals surface area contributed by atoms with Crippen LogP contribution in [-0.4, -0.2) is 5.91 Å². The van der Waals surface area contributed by atoms with E-state index in [9.17, 15) is 13.6 Å². The first-order valence-corrected chi connectivity index (χ1v) is 7.55. The Balaban J connectivity index is 1.92. The molecule has 0 aliphatic heterocycles. The number of amides is 1. The van der Waals surface area contributed by atoms with E-state index in [2.05, 4.69) is 21.2 Å². The van der Waals surface area contributed by atoms with E-state index in [4.69, 9.17) is 0 Å². The maximum absolute atomic E-state index is 13.4. The third-order valence-corrected chi connectivity index (χ3v) is 3.65. The summed E-state index contributed by atoms with van der Waals surface area (Å²) in [6, 6.07) is 11.0. The van der Waals surface area contributed by atoms with Gasteiger partial charge in [0.1, 0.15) is 11.6 Å². The number of carbonyl (C=O) groups is 1. The molecule has 1 amide bonds. The molecule has 110 valence electrons. The molecule has 5 heteroatoms. The summed E-state index contributed by atoms with van der Waals surface area (Å²) in [5, 5.41) is 3.47. The van der Waals surface area contributed by atoms with Crippen LogP contribution in [0.4, 0.5) is 8.78 Å². The van der Waals surface area contributed by atoms with Crippen molar-refractivity contribution in [2.75, 3.05) is 0 Å². The first-order chi connectivity index (χ1) is 10.1. The van der Waals surface area contributed by atoms with Gasteiger partial charge in [-0.2, -0.15) is 0 Å². The molecule has 0 spiro atoms. The van der Waals surface area contributed by atoms with E-state index in [1.54, 1.807) is 0 Å². The van der Waals surface area contributed by atoms with Crippen molar-refractivity contribution in [1.82, 2.24) is 5.32 Å². The van der Waals surface area contributed by atoms with Gasteiger partial charge in [-0.05, 0) is 22.8 Å². The van der Waals surface area contributed by atoms with Crippen LogP contribution in [0.1, 0.15) is 16.7 Å². The molecule has 0 heterocycles. The summed E-state index contributed by atoms with van der Waals surface area (Å²) in [6.45, 7) is 0.377. The van der Waals surface area contributed by atoms with Gasteiger partial charge in [-0.25, -0.2) is 8.78 Å². The van der Waals surface area contributed by atoms with E-state index in [0.717, 1.165) is 28.6 Å². The van der Waals surface area contributed by atoms with E-state index in [1.807, 2.05) is 24.3 Å². The van der Waals surface area contributed by atoms with Crippen molar-refractivity contribution in [2.24, 2.45) is 0 Å². The van der Waals surface area contributed by atoms with Crippen LogP contribution >= 0.6 is 15.9 Å². The van der Waals surface area contributed by atoms with E-state index < -0.39 is 11.6 Å². The van der Waals surface area contributed by atoms with Crippen LogP contribution in [0, 0.1) is 11.6 Å². The quantitative estimate of drug-likeness (QED) is 0.815. The van der Waals surface area contributed by atoms with Crippen LogP contribution in [0.3, 0.4) is 0 Å². The number of rotatable bonds is 5. The van der Waals surface area contributed by atoms with Crippen LogP contribution in [0.2, 0.25) is 0 Å². The SMILES string of the molecule is O=C(Cc1ccc(F)cc1F)NCc1cccc(CBr)c1. The highest BCUT2D eigenvalue weighted by molar-refractivity contribution is 9.08. The Kier molecular flexibility index (Phi) is 5.44. The summed E-state index contributed by atoms with van der Waals surface area (Å²) < 4.78 is 26.2. The average molecular weight is 354 g/mol. The number of benzene rings is 2. The zero-order valence-electron chi connectivity index (χ0n) is 11.2. The number of hydrogen-bond donors (Lipinski definition) is 1. The summed E-state index contributed by atoms with van der Waals surface area (Å²) in [5.74, 6) is -1.65. The van der Waals surface area contributed by atoms with Crippen LogP contribution in [-0.2, 0) is 23.1 Å². The van der Waals surface area contributed by atoms with Crippen molar-refractivity contribution >= 4 is 21.8 Å². The Labute approximate surface area is 130 Å². The van der Waals surface area contributed by atoms with Crippen LogP contribution < -0.4 is 5.32 Å². The van der Waals surface area contributed by atoms with Gasteiger partial charge in [0.2, 0.25) is 5.91 Å². The Bertz CT molecular complexity index is 646. The monoisotopic (exact) mass is 353 g/mol. The van der Waals surface area contributed by atoms with Gasteiger partial charge in [0.25, 0.3) is 0 Å². The van der Waals surface area contributed by atoms with Crippen LogP contribution in [0.15, 0.2) is 42.5 Å². The summed E-state index contributed by atoms with van der Waals surface area (Å²) >= 11 is 3.37. The highest BCUT2D eigenvalue weighted by Gasteiger charge is 2.09. The second kappa shape index (κ2) is 7.31. The number of carbonyl (C=O) groups excluding carboxylic acids is 1. The number of hydrogen-bond acceptors (Lipinski definition) is 1. The van der Waals surface area contributed by atoms with Crippen molar-refractivity contribution in [3.8, 4) is 0 Å². The molecular weight excluding hydrogens is 340 g/mol. The highest BCUT2D eigenvalue weighted by atomic mass is 79.9. The number of alkyl halides is 1. The molecule has 0 aliphatic carbocycles. The molecule has 2 nitrogen and oxygen atoms in total. The number of halogens is 3. The number of nitrogens with one attached hydrogen (secondary N) is 1. The molecule has 0 aliphatic rings. The third kappa shape index (κ3) is 4.63. The molecular formula is C16H14BrF2NO. The lowest BCUT2D eigenvalue weighted by molar-refractivity contribution is -0.120. The van der Waals surface area contributed by atoms with Crippen molar-refractivity contribution in [2.45, 2.75) is 18.3 Å². The van der Waals surface area contributed by atoms with Crippen molar-refractivity contribution < 1.29 is 13.6 Å². The first kappa shape index (κ1) is 15.6. The second-order valence-electron chi connectivity index (χ2n) is 4.64. The van der Waals surface area contributed by atoms with Gasteiger partial charge in [-0.1, -0.05) is 46.3 Å². The van der Waals surface area contributed by atoms with Gasteiger partial charge < -0.3 is 5.32 Å². The first-order valence-electron chi connectivity index (χ1n) is 6.43. The molecule has 2 aromatic carbocycles. The maximum Gasteiger partial charge on any atom is 0.224 e. The lowest BCUT2D eigenvalue weighted by Crippen LogP contribution is -2.25. The van der Waals surface area contributed by atoms with Gasteiger partial charge in [-0.15, -0.1) is 0 Å². The van der Waals surface area contributed by atoms with Gasteiger partial charge in [0.15, 0.2) is 0 Å². The zero-order chi connectivity index (χ0) is 15.2. The minimum atomic E-state index is -0.702. The van der Waals surface area contributed by atoms with Gasteiger partial charge >= 0.3 is 0 Å². The van der Waals surface area contributed by atoms with E-state index in [-0.39, 0.29) is 17.9 Å². The molecule has 2 rings (SSSR count). The predicted molar refractivity (Wildman–Crippen MR) is 81.0 cm³/mol. The largest absolute Gasteiger partial charge is 0.352 e. The lowest BCUT2D eigenvalue weighted by Gasteiger charge is -2.07. The average Bonchev–Trinajstić information content (AvgIpc) is 2.48. The van der Waals surface area contributed by atoms with Crippen LogP contribution in [0.25, 0.3) is 0 Å². The molecule has 1 N–H and O–H groups in total. The van der Waals surface area contributed by atoms with Crippen molar-refractivity contribution in [1.29, 1.82) is 0 Å². The maximum atomic E-state index is 13.4.